The van der Waals surface area contributed by atoms with Crippen LogP contribution in [0.15, 0.2) is 46.3 Å². The number of hydrogen-bond donors (Lipinski definition) is 2. The standard InChI is InChI=1S/C14H19N3O2S2/c1-3-17-10-12(8-11(17)9-15)21(18,19)16-13-6-4-5-7-14(13)20-2/h4-8,10,16H,3,9,15H2,1-2H3. The van der Waals surface area contributed by atoms with Crippen molar-refractivity contribution in [2.75, 3.05) is 11.0 Å². The molecule has 7 heteroatoms. The van der Waals surface area contributed by atoms with Crippen LogP contribution in [0, 0.1) is 0 Å². The van der Waals surface area contributed by atoms with Gasteiger partial charge in [-0.2, -0.15) is 0 Å². The van der Waals surface area contributed by atoms with Crippen molar-refractivity contribution in [1.29, 1.82) is 0 Å². The van der Waals surface area contributed by atoms with Gasteiger partial charge in [0.2, 0.25) is 0 Å². The quantitative estimate of drug-likeness (QED) is 0.800. The smallest absolute Gasteiger partial charge is 0.263 e. The third-order valence-corrected chi connectivity index (χ3v) is 5.30. The Hall–Kier alpha value is -1.44. The number of aromatic nitrogens is 1. The summed E-state index contributed by atoms with van der Waals surface area (Å²) in [5, 5.41) is 0. The molecular formula is C14H19N3O2S2. The fraction of sp³-hybridized carbons (Fsp3) is 0.286. The van der Waals surface area contributed by atoms with E-state index in [9.17, 15) is 8.42 Å². The summed E-state index contributed by atoms with van der Waals surface area (Å²) in [5.74, 6) is 0. The number of para-hydroxylation sites is 1. The van der Waals surface area contributed by atoms with Crippen molar-refractivity contribution in [1.82, 2.24) is 4.57 Å². The molecule has 0 spiro atoms. The van der Waals surface area contributed by atoms with Gasteiger partial charge in [-0.05, 0) is 31.4 Å². The maximum Gasteiger partial charge on any atom is 0.263 e. The van der Waals surface area contributed by atoms with E-state index in [2.05, 4.69) is 4.72 Å². The van der Waals surface area contributed by atoms with E-state index in [0.717, 1.165) is 10.6 Å². The lowest BCUT2D eigenvalue weighted by Crippen LogP contribution is -2.12. The molecule has 0 fully saturated rings. The van der Waals surface area contributed by atoms with Crippen molar-refractivity contribution in [3.63, 3.8) is 0 Å². The predicted octanol–water partition coefficient (Wildman–Crippen LogP) is 2.49. The Bertz CT molecular complexity index is 702. The first kappa shape index (κ1) is 15.9. The third-order valence-electron chi connectivity index (χ3n) is 3.17. The third kappa shape index (κ3) is 3.42. The van der Waals surface area contributed by atoms with Crippen molar-refractivity contribution in [3.05, 3.63) is 42.2 Å². The van der Waals surface area contributed by atoms with Crippen LogP contribution in [0.1, 0.15) is 12.6 Å². The van der Waals surface area contributed by atoms with Gasteiger partial charge in [-0.25, -0.2) is 8.42 Å². The zero-order chi connectivity index (χ0) is 15.5. The summed E-state index contributed by atoms with van der Waals surface area (Å²) in [6.07, 6.45) is 3.53. The second kappa shape index (κ2) is 6.55. The second-order valence-electron chi connectivity index (χ2n) is 4.46. The number of thioether (sulfide) groups is 1. The van der Waals surface area contributed by atoms with Gasteiger partial charge in [-0.1, -0.05) is 12.1 Å². The Labute approximate surface area is 129 Å². The van der Waals surface area contributed by atoms with Gasteiger partial charge in [0.15, 0.2) is 0 Å². The van der Waals surface area contributed by atoms with Crippen molar-refractivity contribution in [3.8, 4) is 0 Å². The molecule has 0 aliphatic rings. The molecular weight excluding hydrogens is 306 g/mol. The van der Waals surface area contributed by atoms with E-state index < -0.39 is 10.0 Å². The lowest BCUT2D eigenvalue weighted by Gasteiger charge is -2.10. The Morgan fingerprint density at radius 3 is 2.62 bits per heavy atom. The van der Waals surface area contributed by atoms with Crippen LogP contribution in [-0.4, -0.2) is 19.2 Å². The number of nitrogens with zero attached hydrogens (tertiary/aromatic N) is 1. The molecule has 114 valence electrons. The summed E-state index contributed by atoms with van der Waals surface area (Å²) in [6.45, 7) is 2.94. The van der Waals surface area contributed by atoms with Gasteiger partial charge >= 0.3 is 0 Å². The van der Waals surface area contributed by atoms with Crippen molar-refractivity contribution in [2.24, 2.45) is 5.73 Å². The summed E-state index contributed by atoms with van der Waals surface area (Å²) in [7, 11) is -3.61. The second-order valence-corrected chi connectivity index (χ2v) is 6.99. The molecule has 0 bridgehead atoms. The van der Waals surface area contributed by atoms with E-state index in [1.54, 1.807) is 24.4 Å². The van der Waals surface area contributed by atoms with E-state index in [0.29, 0.717) is 18.8 Å². The Kier molecular flexibility index (Phi) is 4.97. The number of hydrogen-bond acceptors (Lipinski definition) is 4. The molecule has 0 aliphatic carbocycles. The molecule has 5 nitrogen and oxygen atoms in total. The lowest BCUT2D eigenvalue weighted by atomic mass is 10.3. The van der Waals surface area contributed by atoms with Gasteiger partial charge in [-0.3, -0.25) is 4.72 Å². The number of benzene rings is 1. The van der Waals surface area contributed by atoms with Crippen molar-refractivity contribution in [2.45, 2.75) is 29.8 Å². The maximum atomic E-state index is 12.5. The van der Waals surface area contributed by atoms with Crippen molar-refractivity contribution >= 4 is 27.5 Å². The molecule has 3 N–H and O–H groups in total. The number of sulfonamides is 1. The SMILES string of the molecule is CCn1cc(S(=O)(=O)Nc2ccccc2SC)cc1CN. The summed E-state index contributed by atoms with van der Waals surface area (Å²) in [6, 6.07) is 8.94. The van der Waals surface area contributed by atoms with Crippen LogP contribution in [0.3, 0.4) is 0 Å². The predicted molar refractivity (Wildman–Crippen MR) is 87.0 cm³/mol. The van der Waals surface area contributed by atoms with Gasteiger partial charge < -0.3 is 10.3 Å². The number of aryl methyl sites for hydroxylation is 1. The number of rotatable bonds is 6. The number of anilines is 1. The Balaban J connectivity index is 2.36. The van der Waals surface area contributed by atoms with Crippen LogP contribution in [-0.2, 0) is 23.1 Å². The molecule has 0 atom stereocenters. The summed E-state index contributed by atoms with van der Waals surface area (Å²) in [5.41, 5.74) is 7.03. The molecule has 21 heavy (non-hydrogen) atoms. The average molecular weight is 325 g/mol. The highest BCUT2D eigenvalue weighted by molar-refractivity contribution is 7.99. The van der Waals surface area contributed by atoms with E-state index in [1.807, 2.05) is 29.9 Å². The van der Waals surface area contributed by atoms with Crippen LogP contribution in [0.25, 0.3) is 0 Å². The highest BCUT2D eigenvalue weighted by atomic mass is 32.2. The summed E-state index contributed by atoms with van der Waals surface area (Å²) < 4.78 is 29.5. The van der Waals surface area contributed by atoms with Gasteiger partial charge in [0.25, 0.3) is 10.0 Å². The fourth-order valence-electron chi connectivity index (χ4n) is 2.07. The van der Waals surface area contributed by atoms with Crippen LogP contribution in [0.4, 0.5) is 5.69 Å². The minimum Gasteiger partial charge on any atom is -0.349 e. The molecule has 0 saturated heterocycles. The van der Waals surface area contributed by atoms with Crippen LogP contribution >= 0.6 is 11.8 Å². The van der Waals surface area contributed by atoms with E-state index >= 15 is 0 Å². The first-order valence-electron chi connectivity index (χ1n) is 6.56. The lowest BCUT2D eigenvalue weighted by molar-refractivity contribution is 0.600. The van der Waals surface area contributed by atoms with Gasteiger partial charge in [0, 0.05) is 29.9 Å². The first-order chi connectivity index (χ1) is 10.0. The van der Waals surface area contributed by atoms with Crippen LogP contribution in [0.5, 0.6) is 0 Å². The first-order valence-corrected chi connectivity index (χ1v) is 9.27. The van der Waals surface area contributed by atoms with Crippen molar-refractivity contribution < 1.29 is 8.42 Å². The minimum absolute atomic E-state index is 0.237. The summed E-state index contributed by atoms with van der Waals surface area (Å²) >= 11 is 1.50. The highest BCUT2D eigenvalue weighted by Gasteiger charge is 2.19. The van der Waals surface area contributed by atoms with E-state index in [1.165, 1.54) is 11.8 Å². The Morgan fingerprint density at radius 1 is 1.33 bits per heavy atom. The number of nitrogens with one attached hydrogen (secondary N) is 1. The molecule has 0 radical (unpaired) electrons. The zero-order valence-corrected chi connectivity index (χ0v) is 13.7. The molecule has 2 aromatic rings. The summed E-state index contributed by atoms with van der Waals surface area (Å²) in [4.78, 5) is 1.12. The molecule has 1 aromatic carbocycles. The average Bonchev–Trinajstić information content (AvgIpc) is 2.91. The molecule has 0 aliphatic heterocycles. The van der Waals surface area contributed by atoms with Gasteiger partial charge in [-0.15, -0.1) is 11.8 Å². The molecule has 0 amide bonds. The molecule has 1 aromatic heterocycles. The van der Waals surface area contributed by atoms with Gasteiger partial charge in [0.05, 0.1) is 5.69 Å². The Morgan fingerprint density at radius 2 is 2.05 bits per heavy atom. The normalized spacial score (nSPS) is 11.6. The molecule has 2 rings (SSSR count). The number of nitrogens with two attached hydrogens (primary N) is 1. The fourth-order valence-corrected chi connectivity index (χ4v) is 3.83. The van der Waals surface area contributed by atoms with Gasteiger partial charge in [0.1, 0.15) is 4.90 Å². The largest absolute Gasteiger partial charge is 0.349 e. The molecule has 0 saturated carbocycles. The topological polar surface area (TPSA) is 77.1 Å². The highest BCUT2D eigenvalue weighted by Crippen LogP contribution is 2.27. The zero-order valence-electron chi connectivity index (χ0n) is 12.0. The van der Waals surface area contributed by atoms with Crippen LogP contribution in [0.2, 0.25) is 0 Å². The molecule has 0 unspecified atom stereocenters. The van der Waals surface area contributed by atoms with E-state index in [-0.39, 0.29) is 4.90 Å². The minimum atomic E-state index is -3.61. The maximum absolute atomic E-state index is 12.5. The monoisotopic (exact) mass is 325 g/mol. The van der Waals surface area contributed by atoms with Crippen LogP contribution < -0.4 is 10.5 Å². The van der Waals surface area contributed by atoms with E-state index in [4.69, 9.17) is 5.73 Å². The molecule has 1 heterocycles.